The van der Waals surface area contributed by atoms with Crippen LogP contribution >= 0.6 is 11.6 Å². The van der Waals surface area contributed by atoms with Crippen LogP contribution in [-0.4, -0.2) is 32.9 Å². The summed E-state index contributed by atoms with van der Waals surface area (Å²) >= 11 is 5.64. The molecule has 1 N–H and O–H groups in total. The molecule has 0 saturated heterocycles. The van der Waals surface area contributed by atoms with Gasteiger partial charge in [-0.05, 0) is 36.4 Å². The molecule has 25 heavy (non-hydrogen) atoms. The Kier molecular flexibility index (Phi) is 6.59. The lowest BCUT2D eigenvalue weighted by Gasteiger charge is -2.07. The summed E-state index contributed by atoms with van der Waals surface area (Å²) in [5.41, 5.74) is 1.08. The van der Waals surface area contributed by atoms with Crippen molar-refractivity contribution in [3.63, 3.8) is 0 Å². The van der Waals surface area contributed by atoms with Gasteiger partial charge in [-0.25, -0.2) is 4.39 Å². The molecular formula is C17H16ClFN2O4. The largest absolute Gasteiger partial charge is 0.493 e. The molecule has 0 aromatic heterocycles. The van der Waals surface area contributed by atoms with Crippen molar-refractivity contribution in [3.05, 3.63) is 52.8 Å². The average molecular weight is 367 g/mol. The Hall–Kier alpha value is -2.80. The first-order valence-corrected chi connectivity index (χ1v) is 7.53. The van der Waals surface area contributed by atoms with Crippen molar-refractivity contribution >= 4 is 29.4 Å². The summed E-state index contributed by atoms with van der Waals surface area (Å²) in [4.78, 5) is 16.7. The lowest BCUT2D eigenvalue weighted by molar-refractivity contribution is -0.120. The van der Waals surface area contributed by atoms with E-state index in [1.54, 1.807) is 25.3 Å². The molecule has 0 aliphatic rings. The van der Waals surface area contributed by atoms with E-state index in [1.807, 2.05) is 0 Å². The molecule has 6 nitrogen and oxygen atoms in total. The molecule has 0 heterocycles. The van der Waals surface area contributed by atoms with Crippen LogP contribution in [0.25, 0.3) is 0 Å². The van der Waals surface area contributed by atoms with Crippen LogP contribution in [0.3, 0.4) is 0 Å². The number of halogens is 2. The van der Waals surface area contributed by atoms with E-state index in [1.165, 1.54) is 25.5 Å². The summed E-state index contributed by atoms with van der Waals surface area (Å²) in [5.74, 6) is 0.137. The number of benzene rings is 2. The van der Waals surface area contributed by atoms with Gasteiger partial charge in [-0.3, -0.25) is 4.79 Å². The van der Waals surface area contributed by atoms with Gasteiger partial charge in [0.2, 0.25) is 0 Å². The van der Waals surface area contributed by atoms with Crippen LogP contribution < -0.4 is 14.8 Å². The minimum Gasteiger partial charge on any atom is -0.493 e. The normalized spacial score (nSPS) is 10.6. The topological polar surface area (TPSA) is 69.2 Å². The van der Waals surface area contributed by atoms with Gasteiger partial charge in [0.05, 0.1) is 25.5 Å². The fourth-order valence-corrected chi connectivity index (χ4v) is 2.08. The van der Waals surface area contributed by atoms with Gasteiger partial charge >= 0.3 is 0 Å². The number of carbonyl (C=O) groups is 1. The van der Waals surface area contributed by atoms with Crippen molar-refractivity contribution in [2.45, 2.75) is 0 Å². The van der Waals surface area contributed by atoms with Crippen molar-refractivity contribution in [1.29, 1.82) is 0 Å². The van der Waals surface area contributed by atoms with E-state index >= 15 is 0 Å². The van der Waals surface area contributed by atoms with Crippen LogP contribution in [0.5, 0.6) is 11.5 Å². The molecule has 1 amide bonds. The number of methoxy groups -OCH3 is 2. The Balaban J connectivity index is 1.86. The van der Waals surface area contributed by atoms with Crippen molar-refractivity contribution in [2.75, 3.05) is 26.1 Å². The number of rotatable bonds is 7. The van der Waals surface area contributed by atoms with E-state index in [0.29, 0.717) is 22.7 Å². The molecule has 132 valence electrons. The van der Waals surface area contributed by atoms with Gasteiger partial charge in [0.1, 0.15) is 5.82 Å². The second kappa shape index (κ2) is 8.89. The third-order valence-electron chi connectivity index (χ3n) is 3.08. The number of oxime groups is 1. The number of carbonyl (C=O) groups excluding carboxylic acids is 1. The molecule has 2 aromatic rings. The van der Waals surface area contributed by atoms with Crippen LogP contribution in [0, 0.1) is 5.82 Å². The molecule has 0 saturated carbocycles. The first-order valence-electron chi connectivity index (χ1n) is 7.15. The highest BCUT2D eigenvalue weighted by Crippen LogP contribution is 2.26. The summed E-state index contributed by atoms with van der Waals surface area (Å²) < 4.78 is 23.4. The predicted molar refractivity (Wildman–Crippen MR) is 93.1 cm³/mol. The molecule has 0 radical (unpaired) electrons. The van der Waals surface area contributed by atoms with Crippen molar-refractivity contribution in [2.24, 2.45) is 5.16 Å². The van der Waals surface area contributed by atoms with Gasteiger partial charge in [-0.2, -0.15) is 0 Å². The molecule has 2 aromatic carbocycles. The fourth-order valence-electron chi connectivity index (χ4n) is 1.90. The maximum absolute atomic E-state index is 13.0. The number of anilines is 1. The van der Waals surface area contributed by atoms with E-state index in [4.69, 9.17) is 25.9 Å². The predicted octanol–water partition coefficient (Wildman–Crippen LogP) is 3.49. The van der Waals surface area contributed by atoms with Gasteiger partial charge in [-0.1, -0.05) is 16.8 Å². The summed E-state index contributed by atoms with van der Waals surface area (Å²) in [6, 6.07) is 9.06. The number of nitrogens with one attached hydrogen (secondary N) is 1. The third kappa shape index (κ3) is 5.36. The molecule has 0 unspecified atom stereocenters. The summed E-state index contributed by atoms with van der Waals surface area (Å²) in [6.07, 6.45) is 1.43. The average Bonchev–Trinajstić information content (AvgIpc) is 2.61. The van der Waals surface area contributed by atoms with Gasteiger partial charge < -0.3 is 19.6 Å². The maximum Gasteiger partial charge on any atom is 0.265 e. The molecule has 0 bridgehead atoms. The molecule has 0 spiro atoms. The number of hydrogen-bond donors (Lipinski definition) is 1. The Morgan fingerprint density at radius 2 is 1.96 bits per heavy atom. The highest BCUT2D eigenvalue weighted by atomic mass is 35.5. The summed E-state index contributed by atoms with van der Waals surface area (Å²) in [6.45, 7) is -0.307. The molecular weight excluding hydrogens is 351 g/mol. The lowest BCUT2D eigenvalue weighted by Crippen LogP contribution is -2.17. The fraction of sp³-hybridized carbons (Fsp3) is 0.176. The van der Waals surface area contributed by atoms with Crippen LogP contribution in [0.2, 0.25) is 5.02 Å². The molecule has 2 rings (SSSR count). The highest BCUT2D eigenvalue weighted by molar-refractivity contribution is 6.31. The Morgan fingerprint density at radius 1 is 1.20 bits per heavy atom. The van der Waals surface area contributed by atoms with Crippen LogP contribution in [0.1, 0.15) is 5.56 Å². The quantitative estimate of drug-likeness (QED) is 0.601. The molecule has 8 heteroatoms. The number of amides is 1. The van der Waals surface area contributed by atoms with Gasteiger partial charge in [-0.15, -0.1) is 0 Å². The van der Waals surface area contributed by atoms with Gasteiger partial charge in [0.15, 0.2) is 18.1 Å². The summed E-state index contributed by atoms with van der Waals surface area (Å²) in [5, 5.41) is 6.16. The number of hydrogen-bond acceptors (Lipinski definition) is 5. The molecule has 0 aliphatic heterocycles. The zero-order valence-electron chi connectivity index (χ0n) is 13.6. The van der Waals surface area contributed by atoms with Gasteiger partial charge in [0.25, 0.3) is 5.91 Å². The number of nitrogens with zero attached hydrogens (tertiary/aromatic N) is 1. The smallest absolute Gasteiger partial charge is 0.265 e. The highest BCUT2D eigenvalue weighted by Gasteiger charge is 2.06. The van der Waals surface area contributed by atoms with E-state index in [9.17, 15) is 9.18 Å². The standard InChI is InChI=1S/C17H16ClFN2O4/c1-23-15-6-3-11(7-16(15)24-2)9-20-25-10-17(22)21-12-4-5-14(19)13(18)8-12/h3-9H,10H2,1-2H3,(H,21,22)/b20-9+. The molecule has 0 atom stereocenters. The third-order valence-corrected chi connectivity index (χ3v) is 3.37. The van der Waals surface area contributed by atoms with Crippen LogP contribution in [-0.2, 0) is 9.63 Å². The Morgan fingerprint density at radius 3 is 2.64 bits per heavy atom. The minimum atomic E-state index is -0.560. The summed E-state index contributed by atoms with van der Waals surface area (Å²) in [7, 11) is 3.07. The zero-order chi connectivity index (χ0) is 18.2. The lowest BCUT2D eigenvalue weighted by atomic mass is 10.2. The van der Waals surface area contributed by atoms with E-state index in [-0.39, 0.29) is 11.6 Å². The zero-order valence-corrected chi connectivity index (χ0v) is 14.3. The van der Waals surface area contributed by atoms with Crippen LogP contribution in [0.15, 0.2) is 41.6 Å². The molecule has 0 aliphatic carbocycles. The number of ether oxygens (including phenoxy) is 2. The first-order chi connectivity index (χ1) is 12.0. The Bertz CT molecular complexity index is 783. The van der Waals surface area contributed by atoms with Gasteiger partial charge in [0, 0.05) is 11.3 Å². The van der Waals surface area contributed by atoms with E-state index in [2.05, 4.69) is 10.5 Å². The van der Waals surface area contributed by atoms with Crippen LogP contribution in [0.4, 0.5) is 10.1 Å². The van der Waals surface area contributed by atoms with Crippen molar-refractivity contribution in [3.8, 4) is 11.5 Å². The second-order valence-electron chi connectivity index (χ2n) is 4.80. The van der Waals surface area contributed by atoms with E-state index in [0.717, 1.165) is 6.07 Å². The maximum atomic E-state index is 13.0. The molecule has 0 fully saturated rings. The van der Waals surface area contributed by atoms with Crippen molar-refractivity contribution in [1.82, 2.24) is 0 Å². The first kappa shape index (κ1) is 18.5. The van der Waals surface area contributed by atoms with E-state index < -0.39 is 11.7 Å². The van der Waals surface area contributed by atoms with Crippen molar-refractivity contribution < 1.29 is 23.5 Å². The second-order valence-corrected chi connectivity index (χ2v) is 5.21. The SMILES string of the molecule is COc1ccc(/C=N/OCC(=O)Nc2ccc(F)c(Cl)c2)cc1OC. The minimum absolute atomic E-state index is 0.0785. The Labute approximate surface area is 149 Å². The monoisotopic (exact) mass is 366 g/mol.